The van der Waals surface area contributed by atoms with E-state index in [2.05, 4.69) is 15.5 Å². The van der Waals surface area contributed by atoms with E-state index < -0.39 is 0 Å². The molecule has 0 saturated heterocycles. The molecule has 25 heavy (non-hydrogen) atoms. The largest absolute Gasteiger partial charge is 0.439 e. The number of benzene rings is 2. The molecule has 1 aromatic heterocycles. The number of nitrogens with one attached hydrogen (secondary N) is 1. The lowest BCUT2D eigenvalue weighted by Gasteiger charge is -2.07. The van der Waals surface area contributed by atoms with Crippen molar-refractivity contribution in [1.82, 2.24) is 10.2 Å². The van der Waals surface area contributed by atoms with Gasteiger partial charge in [-0.25, -0.2) is 4.39 Å². The molecule has 0 fully saturated rings. The van der Waals surface area contributed by atoms with Crippen LogP contribution in [0.25, 0.3) is 11.5 Å². The topological polar surface area (TPSA) is 77.2 Å². The Morgan fingerprint density at radius 2 is 1.88 bits per heavy atom. The highest BCUT2D eigenvalue weighted by Gasteiger charge is 2.12. The number of carbonyl (C=O) groups is 1. The van der Waals surface area contributed by atoms with E-state index in [0.717, 1.165) is 11.1 Å². The van der Waals surface area contributed by atoms with Crippen molar-refractivity contribution in [3.8, 4) is 17.5 Å². The van der Waals surface area contributed by atoms with Crippen LogP contribution in [0.2, 0.25) is 0 Å². The average Bonchev–Trinajstić information content (AvgIpc) is 3.06. The minimum absolute atomic E-state index is 0.130. The molecule has 3 aromatic rings. The number of amides is 1. The zero-order chi connectivity index (χ0) is 17.8. The molecule has 0 atom stereocenters. The monoisotopic (exact) mass is 341 g/mol. The van der Waals surface area contributed by atoms with Gasteiger partial charge in [-0.2, -0.15) is 0 Å². The molecule has 6 nitrogen and oxygen atoms in total. The van der Waals surface area contributed by atoms with E-state index in [1.54, 1.807) is 0 Å². The number of aryl methyl sites for hydroxylation is 2. The number of anilines is 1. The highest BCUT2D eigenvalue weighted by molar-refractivity contribution is 5.91. The minimum atomic E-state index is -0.359. The third-order valence-corrected chi connectivity index (χ3v) is 3.62. The number of rotatable bonds is 5. The van der Waals surface area contributed by atoms with Gasteiger partial charge in [0.05, 0.1) is 0 Å². The molecular formula is C18H16FN3O3. The maximum Gasteiger partial charge on any atom is 0.415 e. The molecule has 128 valence electrons. The van der Waals surface area contributed by atoms with Crippen LogP contribution >= 0.6 is 0 Å². The molecule has 3 rings (SSSR count). The molecule has 0 aliphatic rings. The Balaban J connectivity index is 1.57. The Morgan fingerprint density at radius 1 is 1.12 bits per heavy atom. The molecule has 2 aromatic carbocycles. The van der Waals surface area contributed by atoms with Crippen molar-refractivity contribution >= 4 is 11.6 Å². The van der Waals surface area contributed by atoms with E-state index in [9.17, 15) is 9.18 Å². The van der Waals surface area contributed by atoms with Crippen LogP contribution in [0.4, 0.5) is 10.1 Å². The van der Waals surface area contributed by atoms with Gasteiger partial charge >= 0.3 is 6.08 Å². The lowest BCUT2D eigenvalue weighted by Crippen LogP contribution is -2.20. The lowest BCUT2D eigenvalue weighted by molar-refractivity contribution is -0.118. The summed E-state index contributed by atoms with van der Waals surface area (Å²) >= 11 is 0. The maximum absolute atomic E-state index is 12.9. The van der Waals surface area contributed by atoms with Crippen molar-refractivity contribution < 1.29 is 18.3 Å². The first-order valence-electron chi connectivity index (χ1n) is 7.60. The number of hydrogen-bond acceptors (Lipinski definition) is 5. The molecule has 0 radical (unpaired) electrons. The highest BCUT2D eigenvalue weighted by Crippen LogP contribution is 2.21. The molecule has 0 unspecified atom stereocenters. The van der Waals surface area contributed by atoms with Gasteiger partial charge in [-0.1, -0.05) is 11.2 Å². The van der Waals surface area contributed by atoms with Crippen molar-refractivity contribution in [2.45, 2.75) is 13.8 Å². The van der Waals surface area contributed by atoms with Gasteiger partial charge in [-0.15, -0.1) is 5.10 Å². The van der Waals surface area contributed by atoms with Crippen molar-refractivity contribution in [3.63, 3.8) is 0 Å². The van der Waals surface area contributed by atoms with Gasteiger partial charge in [0.2, 0.25) is 0 Å². The summed E-state index contributed by atoms with van der Waals surface area (Å²) in [5, 5.41) is 10.2. The number of carbonyl (C=O) groups excluding carboxylic acids is 1. The van der Waals surface area contributed by atoms with Gasteiger partial charge in [0, 0.05) is 11.3 Å². The zero-order valence-electron chi connectivity index (χ0n) is 13.7. The van der Waals surface area contributed by atoms with Crippen LogP contribution in [0.3, 0.4) is 0 Å². The maximum atomic E-state index is 12.9. The standard InChI is InChI=1S/C18H16FN3O3/c1-11-3-8-15(9-12(11)2)20-16(23)10-24-18-22-21-17(25-18)13-4-6-14(19)7-5-13/h3-9H,10H2,1-2H3,(H,20,23). The van der Waals surface area contributed by atoms with E-state index in [4.69, 9.17) is 9.15 Å². The van der Waals surface area contributed by atoms with Crippen LogP contribution in [-0.2, 0) is 4.79 Å². The van der Waals surface area contributed by atoms with Gasteiger partial charge in [0.15, 0.2) is 6.61 Å². The summed E-state index contributed by atoms with van der Waals surface area (Å²) in [6, 6.07) is 11.2. The van der Waals surface area contributed by atoms with Crippen LogP contribution in [-0.4, -0.2) is 22.7 Å². The van der Waals surface area contributed by atoms with Crippen LogP contribution in [0, 0.1) is 19.7 Å². The average molecular weight is 341 g/mol. The molecular weight excluding hydrogens is 325 g/mol. The number of halogens is 1. The lowest BCUT2D eigenvalue weighted by atomic mass is 10.1. The Kier molecular flexibility index (Phi) is 4.74. The number of aromatic nitrogens is 2. The molecule has 0 bridgehead atoms. The van der Waals surface area contributed by atoms with Crippen LogP contribution in [0.1, 0.15) is 11.1 Å². The van der Waals surface area contributed by atoms with Crippen LogP contribution in [0.15, 0.2) is 46.9 Å². The molecule has 1 N–H and O–H groups in total. The zero-order valence-corrected chi connectivity index (χ0v) is 13.7. The highest BCUT2D eigenvalue weighted by atomic mass is 19.1. The second kappa shape index (κ2) is 7.12. The molecule has 7 heteroatoms. The summed E-state index contributed by atoms with van der Waals surface area (Å²) in [6.07, 6.45) is -0.130. The Bertz CT molecular complexity index is 891. The first-order chi connectivity index (χ1) is 12.0. The Morgan fingerprint density at radius 3 is 2.60 bits per heavy atom. The van der Waals surface area contributed by atoms with Crippen LogP contribution in [0.5, 0.6) is 6.08 Å². The fourth-order valence-corrected chi connectivity index (χ4v) is 2.12. The summed E-state index contributed by atoms with van der Waals surface area (Å²) in [7, 11) is 0. The van der Waals surface area contributed by atoms with E-state index >= 15 is 0 Å². The minimum Gasteiger partial charge on any atom is -0.439 e. The molecule has 0 spiro atoms. The number of nitrogens with zero attached hydrogens (tertiary/aromatic N) is 2. The summed E-state index contributed by atoms with van der Waals surface area (Å²) < 4.78 is 23.4. The van der Waals surface area contributed by atoms with Gasteiger partial charge in [0.25, 0.3) is 11.8 Å². The predicted octanol–water partition coefficient (Wildman–Crippen LogP) is 3.51. The number of hydrogen-bond donors (Lipinski definition) is 1. The smallest absolute Gasteiger partial charge is 0.415 e. The second-order valence-corrected chi connectivity index (χ2v) is 5.52. The summed E-state index contributed by atoms with van der Waals surface area (Å²) in [6.45, 7) is 3.70. The quantitative estimate of drug-likeness (QED) is 0.768. The summed E-state index contributed by atoms with van der Waals surface area (Å²) in [5.74, 6) is -0.517. The SMILES string of the molecule is Cc1ccc(NC(=O)COc2nnc(-c3ccc(F)cc3)o2)cc1C. The Hall–Kier alpha value is -3.22. The van der Waals surface area contributed by atoms with Crippen molar-refractivity contribution in [1.29, 1.82) is 0 Å². The van der Waals surface area contributed by atoms with Crippen molar-refractivity contribution in [3.05, 3.63) is 59.4 Å². The fraction of sp³-hybridized carbons (Fsp3) is 0.167. The second-order valence-electron chi connectivity index (χ2n) is 5.52. The first-order valence-corrected chi connectivity index (χ1v) is 7.60. The van der Waals surface area contributed by atoms with Crippen LogP contribution < -0.4 is 10.1 Å². The van der Waals surface area contributed by atoms with Gasteiger partial charge in [-0.05, 0) is 61.4 Å². The van der Waals surface area contributed by atoms with E-state index in [1.807, 2.05) is 32.0 Å². The van der Waals surface area contributed by atoms with Gasteiger partial charge in [0.1, 0.15) is 5.82 Å². The molecule has 0 aliphatic heterocycles. The first kappa shape index (κ1) is 16.6. The third kappa shape index (κ3) is 4.20. The van der Waals surface area contributed by atoms with Gasteiger partial charge in [-0.3, -0.25) is 4.79 Å². The number of ether oxygens (including phenoxy) is 1. The van der Waals surface area contributed by atoms with Gasteiger partial charge < -0.3 is 14.5 Å². The van der Waals surface area contributed by atoms with E-state index in [0.29, 0.717) is 11.3 Å². The molecule has 1 heterocycles. The molecule has 0 aliphatic carbocycles. The predicted molar refractivity (Wildman–Crippen MR) is 89.7 cm³/mol. The van der Waals surface area contributed by atoms with E-state index in [1.165, 1.54) is 24.3 Å². The fourth-order valence-electron chi connectivity index (χ4n) is 2.12. The summed E-state index contributed by atoms with van der Waals surface area (Å²) in [4.78, 5) is 11.9. The van der Waals surface area contributed by atoms with Crippen molar-refractivity contribution in [2.75, 3.05) is 11.9 Å². The molecule has 0 saturated carbocycles. The normalized spacial score (nSPS) is 10.5. The van der Waals surface area contributed by atoms with E-state index in [-0.39, 0.29) is 30.3 Å². The molecule has 1 amide bonds. The summed E-state index contributed by atoms with van der Waals surface area (Å²) in [5.41, 5.74) is 3.48. The third-order valence-electron chi connectivity index (χ3n) is 3.62. The Labute approximate surface area is 143 Å². The van der Waals surface area contributed by atoms with Crippen molar-refractivity contribution in [2.24, 2.45) is 0 Å².